The molecule has 0 aromatic carbocycles. The number of hydrogen-bond donors (Lipinski definition) is 2. The molecule has 0 aliphatic carbocycles. The van der Waals surface area contributed by atoms with E-state index in [0.717, 1.165) is 51.5 Å². The third-order valence-corrected chi connectivity index (χ3v) is 4.94. The van der Waals surface area contributed by atoms with Gasteiger partial charge in [0.05, 0.1) is 17.2 Å². The van der Waals surface area contributed by atoms with Crippen LogP contribution in [0.5, 0.6) is 0 Å². The van der Waals surface area contributed by atoms with Crippen molar-refractivity contribution in [2.24, 2.45) is 4.99 Å². The predicted octanol–water partition coefficient (Wildman–Crippen LogP) is 2.28. The second-order valence-corrected chi connectivity index (χ2v) is 7.73. The van der Waals surface area contributed by atoms with Gasteiger partial charge in [0, 0.05) is 57.3 Å². The lowest BCUT2D eigenvalue weighted by molar-refractivity contribution is -0.0679. The maximum absolute atomic E-state index is 5.77. The van der Waals surface area contributed by atoms with Crippen LogP contribution in [0.1, 0.15) is 30.2 Å². The number of halogens is 1. The molecule has 0 spiro atoms. The number of morpholine rings is 1. The highest BCUT2D eigenvalue weighted by Crippen LogP contribution is 2.11. The normalized spacial score (nSPS) is 21.7. The number of aryl methyl sites for hydroxylation is 1. The van der Waals surface area contributed by atoms with E-state index in [1.807, 2.05) is 13.2 Å². The molecule has 144 valence electrons. The van der Waals surface area contributed by atoms with E-state index in [-0.39, 0.29) is 24.0 Å². The number of ether oxygens (including phenoxy) is 1. The first-order valence-electron chi connectivity index (χ1n) is 8.80. The van der Waals surface area contributed by atoms with Crippen LogP contribution in [0.4, 0.5) is 0 Å². The van der Waals surface area contributed by atoms with Crippen molar-refractivity contribution in [1.82, 2.24) is 20.5 Å². The summed E-state index contributed by atoms with van der Waals surface area (Å²) in [5, 5.41) is 7.91. The summed E-state index contributed by atoms with van der Waals surface area (Å²) in [6.45, 7) is 11.3. The molecule has 1 aromatic rings. The Morgan fingerprint density at radius 2 is 2.00 bits per heavy atom. The largest absolute Gasteiger partial charge is 0.373 e. The van der Waals surface area contributed by atoms with Crippen LogP contribution in [-0.2, 0) is 11.2 Å². The minimum Gasteiger partial charge on any atom is -0.373 e. The summed E-state index contributed by atoms with van der Waals surface area (Å²) in [5.41, 5.74) is 0. The van der Waals surface area contributed by atoms with Crippen molar-refractivity contribution in [2.45, 2.75) is 45.8 Å². The van der Waals surface area contributed by atoms with E-state index in [1.165, 1.54) is 9.88 Å². The molecule has 0 radical (unpaired) electrons. The first-order valence-corrected chi connectivity index (χ1v) is 9.62. The van der Waals surface area contributed by atoms with Crippen LogP contribution >= 0.6 is 35.3 Å². The maximum atomic E-state index is 5.77. The van der Waals surface area contributed by atoms with Crippen molar-refractivity contribution in [2.75, 3.05) is 39.8 Å². The Bertz CT molecular complexity index is 515. The van der Waals surface area contributed by atoms with Gasteiger partial charge in [-0.1, -0.05) is 0 Å². The van der Waals surface area contributed by atoms with Crippen LogP contribution in [-0.4, -0.2) is 67.8 Å². The molecule has 8 heteroatoms. The standard InChI is InChI=1S/C17H31N5OS.HI/c1-13-11-22(12-14(2)23-13)9-5-7-19-17(18-4)20-8-6-16-21-10-15(3)24-16;/h10,13-14H,5-9,11-12H2,1-4H3,(H2,18,19,20);1H. The molecule has 2 rings (SSSR count). The van der Waals surface area contributed by atoms with Gasteiger partial charge in [-0.25, -0.2) is 4.98 Å². The minimum atomic E-state index is 0. The number of guanidine groups is 1. The van der Waals surface area contributed by atoms with Gasteiger partial charge in [-0.3, -0.25) is 9.89 Å². The number of aliphatic imine (C=N–C) groups is 1. The molecule has 2 atom stereocenters. The van der Waals surface area contributed by atoms with E-state index in [4.69, 9.17) is 4.74 Å². The molecule has 2 heterocycles. The molecule has 25 heavy (non-hydrogen) atoms. The summed E-state index contributed by atoms with van der Waals surface area (Å²) in [6, 6.07) is 0. The van der Waals surface area contributed by atoms with Gasteiger partial charge in [0.1, 0.15) is 0 Å². The number of nitrogens with one attached hydrogen (secondary N) is 2. The molecule has 0 saturated carbocycles. The van der Waals surface area contributed by atoms with Crippen LogP contribution in [0.25, 0.3) is 0 Å². The predicted molar refractivity (Wildman–Crippen MR) is 116 cm³/mol. The molecule has 2 unspecified atom stereocenters. The fourth-order valence-electron chi connectivity index (χ4n) is 3.00. The molecule has 6 nitrogen and oxygen atoms in total. The second-order valence-electron chi connectivity index (χ2n) is 6.41. The number of thiazole rings is 1. The quantitative estimate of drug-likeness (QED) is 0.271. The van der Waals surface area contributed by atoms with Crippen LogP contribution in [0.3, 0.4) is 0 Å². The summed E-state index contributed by atoms with van der Waals surface area (Å²) in [4.78, 5) is 12.4. The molecule has 1 aliphatic heterocycles. The van der Waals surface area contributed by atoms with Crippen LogP contribution in [0, 0.1) is 6.92 Å². The second kappa shape index (κ2) is 12.0. The molecule has 1 aromatic heterocycles. The first-order chi connectivity index (χ1) is 11.6. The van der Waals surface area contributed by atoms with Crippen LogP contribution in [0.2, 0.25) is 0 Å². The minimum absolute atomic E-state index is 0. The van der Waals surface area contributed by atoms with Crippen molar-refractivity contribution < 1.29 is 4.74 Å². The number of aromatic nitrogens is 1. The smallest absolute Gasteiger partial charge is 0.190 e. The van der Waals surface area contributed by atoms with E-state index in [1.54, 1.807) is 11.3 Å². The molecule has 1 aliphatic rings. The highest BCUT2D eigenvalue weighted by atomic mass is 127. The highest BCUT2D eigenvalue weighted by Gasteiger charge is 2.21. The van der Waals surface area contributed by atoms with Crippen LogP contribution in [0.15, 0.2) is 11.2 Å². The van der Waals surface area contributed by atoms with Crippen molar-refractivity contribution >= 4 is 41.3 Å². The average Bonchev–Trinajstić information content (AvgIpc) is 2.94. The lowest BCUT2D eigenvalue weighted by Gasteiger charge is -2.35. The number of nitrogens with zero attached hydrogens (tertiary/aromatic N) is 3. The van der Waals surface area contributed by atoms with E-state index < -0.39 is 0 Å². The Kier molecular flexibility index (Phi) is 10.9. The van der Waals surface area contributed by atoms with E-state index >= 15 is 0 Å². The summed E-state index contributed by atoms with van der Waals surface area (Å²) >= 11 is 1.76. The van der Waals surface area contributed by atoms with Gasteiger partial charge in [-0.15, -0.1) is 35.3 Å². The zero-order valence-electron chi connectivity index (χ0n) is 15.7. The zero-order chi connectivity index (χ0) is 17.4. The maximum Gasteiger partial charge on any atom is 0.190 e. The molecule has 1 fully saturated rings. The Morgan fingerprint density at radius 1 is 1.32 bits per heavy atom. The third kappa shape index (κ3) is 8.65. The van der Waals surface area contributed by atoms with E-state index in [9.17, 15) is 0 Å². The molecule has 2 N–H and O–H groups in total. The average molecular weight is 481 g/mol. The summed E-state index contributed by atoms with van der Waals surface area (Å²) in [6.07, 6.45) is 4.64. The van der Waals surface area contributed by atoms with Gasteiger partial charge in [-0.05, 0) is 27.2 Å². The van der Waals surface area contributed by atoms with Gasteiger partial charge in [0.25, 0.3) is 0 Å². The summed E-state index contributed by atoms with van der Waals surface area (Å²) in [5.74, 6) is 0.868. The number of rotatable bonds is 7. The molecule has 0 bridgehead atoms. The van der Waals surface area contributed by atoms with Gasteiger partial charge < -0.3 is 15.4 Å². The Hall–Kier alpha value is -0.450. The Morgan fingerprint density at radius 3 is 2.60 bits per heavy atom. The Labute approximate surface area is 172 Å². The SMILES string of the molecule is CN=C(NCCCN1CC(C)OC(C)C1)NCCc1ncc(C)s1.I. The van der Waals surface area contributed by atoms with Gasteiger partial charge in [0.15, 0.2) is 5.96 Å². The van der Waals surface area contributed by atoms with Crippen molar-refractivity contribution in [3.05, 3.63) is 16.1 Å². The van der Waals surface area contributed by atoms with Crippen molar-refractivity contribution in [1.29, 1.82) is 0 Å². The fourth-order valence-corrected chi connectivity index (χ4v) is 3.79. The third-order valence-electron chi connectivity index (χ3n) is 3.96. The first kappa shape index (κ1) is 22.6. The molecule has 1 saturated heterocycles. The summed E-state index contributed by atoms with van der Waals surface area (Å²) < 4.78 is 5.77. The highest BCUT2D eigenvalue weighted by molar-refractivity contribution is 14.0. The van der Waals surface area contributed by atoms with Crippen LogP contribution < -0.4 is 10.6 Å². The lowest BCUT2D eigenvalue weighted by atomic mass is 10.2. The number of hydrogen-bond acceptors (Lipinski definition) is 5. The van der Waals surface area contributed by atoms with Crippen molar-refractivity contribution in [3.8, 4) is 0 Å². The topological polar surface area (TPSA) is 61.8 Å². The monoisotopic (exact) mass is 481 g/mol. The van der Waals surface area contributed by atoms with Gasteiger partial charge in [0.2, 0.25) is 0 Å². The molecular formula is C17H32IN5OS. The molecular weight excluding hydrogens is 449 g/mol. The van der Waals surface area contributed by atoms with Gasteiger partial charge >= 0.3 is 0 Å². The lowest BCUT2D eigenvalue weighted by Crippen LogP contribution is -2.46. The van der Waals surface area contributed by atoms with E-state index in [0.29, 0.717) is 12.2 Å². The zero-order valence-corrected chi connectivity index (χ0v) is 18.9. The van der Waals surface area contributed by atoms with E-state index in [2.05, 4.69) is 46.3 Å². The fraction of sp³-hybridized carbons (Fsp3) is 0.765. The van der Waals surface area contributed by atoms with Crippen molar-refractivity contribution in [3.63, 3.8) is 0 Å². The Balaban J connectivity index is 0.00000312. The molecule has 0 amide bonds. The summed E-state index contributed by atoms with van der Waals surface area (Å²) in [7, 11) is 1.81. The van der Waals surface area contributed by atoms with Gasteiger partial charge in [-0.2, -0.15) is 0 Å².